The van der Waals surface area contributed by atoms with Gasteiger partial charge in [-0.3, -0.25) is 4.79 Å². The van der Waals surface area contributed by atoms with E-state index in [1.54, 1.807) is 0 Å². The Kier molecular flexibility index (Phi) is 6.44. The van der Waals surface area contributed by atoms with Gasteiger partial charge >= 0.3 is 12.1 Å². The number of rotatable bonds is 6. The zero-order valence-corrected chi connectivity index (χ0v) is 19.1. The van der Waals surface area contributed by atoms with Gasteiger partial charge in [-0.2, -0.15) is 0 Å². The van der Waals surface area contributed by atoms with Crippen LogP contribution in [0.25, 0.3) is 11.1 Å². The van der Waals surface area contributed by atoms with E-state index in [-0.39, 0.29) is 38.0 Å². The summed E-state index contributed by atoms with van der Waals surface area (Å²) in [5, 5.41) is 22.0. The van der Waals surface area contributed by atoms with E-state index in [9.17, 15) is 24.6 Å². The highest BCUT2D eigenvalue weighted by atomic mass is 16.5. The number of aliphatic hydroxyl groups is 1. The van der Waals surface area contributed by atoms with Crippen molar-refractivity contribution in [3.8, 4) is 11.1 Å². The Morgan fingerprint density at radius 2 is 1.71 bits per heavy atom. The Bertz CT molecular complexity index is 1090. The molecule has 2 heterocycles. The number of nitrogens with zero attached hydrogens (tertiary/aromatic N) is 1. The highest BCUT2D eigenvalue weighted by molar-refractivity contribution is 5.87. The van der Waals surface area contributed by atoms with Crippen LogP contribution in [-0.2, 0) is 19.1 Å². The molecule has 3 N–H and O–H groups in total. The summed E-state index contributed by atoms with van der Waals surface area (Å²) < 4.78 is 11.2. The van der Waals surface area contributed by atoms with Crippen molar-refractivity contribution in [3.63, 3.8) is 0 Å². The standard InChI is InChI=1S/C26H28N2O7/c29-16-11-22(25(31)32)28(13-16)24(30)23-15(9-10-34-23)12-27-26(33)35-14-21-19-7-3-1-5-17(19)18-6-2-4-8-20(18)21/h1-8,15-16,21-23,29H,9-14H2,(H,27,33)(H,31,32)/t15-,16?,22+,23-/m1/s1. The Morgan fingerprint density at radius 1 is 1.06 bits per heavy atom. The third kappa shape index (κ3) is 4.49. The topological polar surface area (TPSA) is 125 Å². The van der Waals surface area contributed by atoms with Gasteiger partial charge in [-0.25, -0.2) is 9.59 Å². The zero-order chi connectivity index (χ0) is 24.5. The summed E-state index contributed by atoms with van der Waals surface area (Å²) in [7, 11) is 0. The van der Waals surface area contributed by atoms with Gasteiger partial charge in [0.25, 0.3) is 5.91 Å². The van der Waals surface area contributed by atoms with Crippen molar-refractivity contribution in [2.45, 2.75) is 37.0 Å². The lowest BCUT2D eigenvalue weighted by atomic mass is 9.98. The van der Waals surface area contributed by atoms with Crippen LogP contribution in [0.15, 0.2) is 48.5 Å². The molecule has 1 unspecified atom stereocenters. The van der Waals surface area contributed by atoms with E-state index in [4.69, 9.17) is 9.47 Å². The van der Waals surface area contributed by atoms with Crippen LogP contribution < -0.4 is 5.32 Å². The number of fused-ring (bicyclic) bond motifs is 3. The molecule has 0 aromatic heterocycles. The summed E-state index contributed by atoms with van der Waals surface area (Å²) in [6.45, 7) is 0.653. The van der Waals surface area contributed by atoms with Crippen molar-refractivity contribution in [1.82, 2.24) is 10.2 Å². The number of benzene rings is 2. The molecule has 9 nitrogen and oxygen atoms in total. The molecule has 1 aliphatic carbocycles. The minimum Gasteiger partial charge on any atom is -0.480 e. The number of alkyl carbamates (subject to hydrolysis) is 1. The number of aliphatic carboxylic acids is 1. The highest BCUT2D eigenvalue weighted by Crippen LogP contribution is 2.44. The molecule has 0 spiro atoms. The second kappa shape index (κ2) is 9.67. The number of carbonyl (C=O) groups is 3. The van der Waals surface area contributed by atoms with E-state index in [1.807, 2.05) is 36.4 Å². The second-order valence-electron chi connectivity index (χ2n) is 9.28. The summed E-state index contributed by atoms with van der Waals surface area (Å²) in [6, 6.07) is 15.1. The van der Waals surface area contributed by atoms with Crippen molar-refractivity contribution < 1.29 is 34.1 Å². The highest BCUT2D eigenvalue weighted by Gasteiger charge is 2.45. The molecule has 184 valence electrons. The molecule has 2 aliphatic heterocycles. The van der Waals surface area contributed by atoms with E-state index in [1.165, 1.54) is 4.90 Å². The van der Waals surface area contributed by atoms with E-state index in [0.717, 1.165) is 22.3 Å². The molecule has 2 amide bonds. The molecule has 4 atom stereocenters. The number of carbonyl (C=O) groups excluding carboxylic acids is 2. The lowest BCUT2D eigenvalue weighted by molar-refractivity contribution is -0.153. The molecule has 0 saturated carbocycles. The van der Waals surface area contributed by atoms with Gasteiger partial charge in [-0.05, 0) is 28.7 Å². The smallest absolute Gasteiger partial charge is 0.407 e. The van der Waals surface area contributed by atoms with Crippen LogP contribution in [0.4, 0.5) is 4.79 Å². The number of carboxylic acids is 1. The maximum absolute atomic E-state index is 13.0. The van der Waals surface area contributed by atoms with Gasteiger partial charge < -0.3 is 29.9 Å². The Morgan fingerprint density at radius 3 is 2.37 bits per heavy atom. The fraction of sp³-hybridized carbons (Fsp3) is 0.423. The number of likely N-dealkylation sites (tertiary alicyclic amines) is 1. The van der Waals surface area contributed by atoms with E-state index < -0.39 is 36.2 Å². The van der Waals surface area contributed by atoms with E-state index in [0.29, 0.717) is 13.0 Å². The monoisotopic (exact) mass is 480 g/mol. The lowest BCUT2D eigenvalue weighted by Gasteiger charge is -2.27. The van der Waals surface area contributed by atoms with Gasteiger partial charge in [0.15, 0.2) is 0 Å². The third-order valence-electron chi connectivity index (χ3n) is 7.16. The summed E-state index contributed by atoms with van der Waals surface area (Å²) in [6.07, 6.45) is -1.77. The molecule has 35 heavy (non-hydrogen) atoms. The molecule has 2 saturated heterocycles. The maximum atomic E-state index is 13.0. The first-order chi connectivity index (χ1) is 16.9. The van der Waals surface area contributed by atoms with Crippen molar-refractivity contribution in [3.05, 3.63) is 59.7 Å². The van der Waals surface area contributed by atoms with Crippen molar-refractivity contribution in [2.75, 3.05) is 26.3 Å². The molecular formula is C26H28N2O7. The predicted molar refractivity (Wildman–Crippen MR) is 125 cm³/mol. The van der Waals surface area contributed by atoms with Crippen molar-refractivity contribution >= 4 is 18.0 Å². The molecule has 0 bridgehead atoms. The molecule has 5 rings (SSSR count). The van der Waals surface area contributed by atoms with Crippen LogP contribution in [0.1, 0.15) is 29.9 Å². The van der Waals surface area contributed by atoms with Crippen LogP contribution in [0, 0.1) is 5.92 Å². The van der Waals surface area contributed by atoms with Crippen LogP contribution in [0.5, 0.6) is 0 Å². The Labute approximate surface area is 202 Å². The van der Waals surface area contributed by atoms with Crippen LogP contribution in [-0.4, -0.2) is 77.6 Å². The Hall–Kier alpha value is -3.43. The number of hydrogen-bond acceptors (Lipinski definition) is 6. The number of hydrogen-bond donors (Lipinski definition) is 3. The third-order valence-corrected chi connectivity index (χ3v) is 7.16. The second-order valence-corrected chi connectivity index (χ2v) is 9.28. The number of carboxylic acid groups (broad SMARTS) is 1. The summed E-state index contributed by atoms with van der Waals surface area (Å²) >= 11 is 0. The van der Waals surface area contributed by atoms with Gasteiger partial charge in [0.05, 0.1) is 6.10 Å². The molecule has 3 aliphatic rings. The SMILES string of the molecule is O=C(NC[C@H]1CCO[C@H]1C(=O)N1CC(O)C[C@H]1C(=O)O)OCC1c2ccccc2-c2ccccc21. The van der Waals surface area contributed by atoms with Crippen LogP contribution in [0.2, 0.25) is 0 Å². The number of aliphatic hydroxyl groups excluding tert-OH is 1. The van der Waals surface area contributed by atoms with Gasteiger partial charge in [-0.1, -0.05) is 48.5 Å². The number of β-amino-alcohol motifs (C(OH)–C–C–N with tert-alkyl or cyclic N) is 1. The normalized spacial score (nSPS) is 25.2. The summed E-state index contributed by atoms with van der Waals surface area (Å²) in [4.78, 5) is 38.2. The van der Waals surface area contributed by atoms with Gasteiger partial charge in [0.2, 0.25) is 0 Å². The molecule has 0 radical (unpaired) electrons. The molecule has 2 aromatic rings. The molecule has 2 fully saturated rings. The van der Waals surface area contributed by atoms with Crippen LogP contribution >= 0.6 is 0 Å². The minimum absolute atomic E-state index is 0.00351. The maximum Gasteiger partial charge on any atom is 0.407 e. The Balaban J connectivity index is 1.17. The summed E-state index contributed by atoms with van der Waals surface area (Å²) in [5.74, 6) is -1.98. The number of nitrogens with one attached hydrogen (secondary N) is 1. The van der Waals surface area contributed by atoms with Crippen LogP contribution in [0.3, 0.4) is 0 Å². The van der Waals surface area contributed by atoms with Crippen molar-refractivity contribution in [1.29, 1.82) is 0 Å². The van der Waals surface area contributed by atoms with Gasteiger partial charge in [0.1, 0.15) is 18.8 Å². The van der Waals surface area contributed by atoms with Gasteiger partial charge in [-0.15, -0.1) is 0 Å². The average Bonchev–Trinajstić information content (AvgIpc) is 3.57. The molecular weight excluding hydrogens is 452 g/mol. The molecule has 2 aromatic carbocycles. The van der Waals surface area contributed by atoms with E-state index >= 15 is 0 Å². The fourth-order valence-electron chi connectivity index (χ4n) is 5.43. The number of ether oxygens (including phenoxy) is 2. The molecule has 9 heteroatoms. The lowest BCUT2D eigenvalue weighted by Crippen LogP contribution is -2.48. The van der Waals surface area contributed by atoms with E-state index in [2.05, 4.69) is 17.4 Å². The average molecular weight is 481 g/mol. The predicted octanol–water partition coefficient (Wildman–Crippen LogP) is 1.98. The largest absolute Gasteiger partial charge is 0.480 e. The number of amides is 2. The fourth-order valence-corrected chi connectivity index (χ4v) is 5.43. The first-order valence-electron chi connectivity index (χ1n) is 11.9. The zero-order valence-electron chi connectivity index (χ0n) is 19.1. The summed E-state index contributed by atoms with van der Waals surface area (Å²) in [5.41, 5.74) is 4.54. The quantitative estimate of drug-likeness (QED) is 0.577. The minimum atomic E-state index is -1.15. The van der Waals surface area contributed by atoms with Crippen molar-refractivity contribution in [2.24, 2.45) is 5.92 Å². The van der Waals surface area contributed by atoms with Gasteiger partial charge in [0, 0.05) is 38.0 Å². The first kappa shape index (κ1) is 23.3. The first-order valence-corrected chi connectivity index (χ1v) is 11.9.